The summed E-state index contributed by atoms with van der Waals surface area (Å²) in [6.07, 6.45) is 1.55. The van der Waals surface area contributed by atoms with E-state index in [-0.39, 0.29) is 6.29 Å². The molecule has 0 saturated carbocycles. The van der Waals surface area contributed by atoms with Crippen molar-refractivity contribution >= 4 is 6.21 Å². The van der Waals surface area contributed by atoms with Gasteiger partial charge in [-0.15, -0.1) is 0 Å². The molecule has 0 bridgehead atoms. The van der Waals surface area contributed by atoms with Crippen LogP contribution in [0, 0.1) is 0 Å². The van der Waals surface area contributed by atoms with Crippen molar-refractivity contribution in [3.63, 3.8) is 0 Å². The monoisotopic (exact) mass is 251 g/mol. The van der Waals surface area contributed by atoms with Gasteiger partial charge in [0.2, 0.25) is 0 Å². The molecule has 1 aromatic carbocycles. The number of ether oxygens (including phenoxy) is 3. The Morgan fingerprint density at radius 1 is 1.11 bits per heavy atom. The number of hydrogen-bond donors (Lipinski definition) is 0. The highest BCUT2D eigenvalue weighted by atomic mass is 16.7. The second-order valence-electron chi connectivity index (χ2n) is 3.61. The second kappa shape index (κ2) is 8.66. The van der Waals surface area contributed by atoms with Gasteiger partial charge in [-0.05, 0) is 43.7 Å². The van der Waals surface area contributed by atoms with E-state index >= 15 is 0 Å². The van der Waals surface area contributed by atoms with Crippen molar-refractivity contribution in [3.05, 3.63) is 29.8 Å². The average molecular weight is 251 g/mol. The maximum atomic E-state index is 5.40. The van der Waals surface area contributed by atoms with Gasteiger partial charge in [0.25, 0.3) is 0 Å². The van der Waals surface area contributed by atoms with E-state index in [1.807, 2.05) is 44.3 Å². The standard InChI is InChI=1S/C14H21NO3/c1-4-17-14(18-5-2)11-15-10-12-6-8-13(16-3)9-7-12/h6-10,14H,4-5,11H2,1-3H3. The van der Waals surface area contributed by atoms with Gasteiger partial charge in [0.05, 0.1) is 13.7 Å². The maximum absolute atomic E-state index is 5.40. The molecule has 4 heteroatoms. The van der Waals surface area contributed by atoms with E-state index in [0.717, 1.165) is 11.3 Å². The third-order valence-electron chi connectivity index (χ3n) is 2.32. The van der Waals surface area contributed by atoms with Crippen LogP contribution < -0.4 is 4.74 Å². The van der Waals surface area contributed by atoms with Crippen LogP contribution >= 0.6 is 0 Å². The second-order valence-corrected chi connectivity index (χ2v) is 3.61. The van der Waals surface area contributed by atoms with E-state index in [0.29, 0.717) is 19.8 Å². The first-order chi connectivity index (χ1) is 8.80. The molecular weight excluding hydrogens is 230 g/mol. The van der Waals surface area contributed by atoms with Crippen LogP contribution in [0.5, 0.6) is 5.75 Å². The van der Waals surface area contributed by atoms with Gasteiger partial charge in [0, 0.05) is 19.4 Å². The van der Waals surface area contributed by atoms with Crippen LogP contribution in [-0.2, 0) is 9.47 Å². The lowest BCUT2D eigenvalue weighted by molar-refractivity contribution is -0.128. The predicted molar refractivity (Wildman–Crippen MR) is 72.5 cm³/mol. The molecule has 0 atom stereocenters. The highest BCUT2D eigenvalue weighted by molar-refractivity contribution is 5.79. The van der Waals surface area contributed by atoms with E-state index in [1.165, 1.54) is 0 Å². The largest absolute Gasteiger partial charge is 0.497 e. The lowest BCUT2D eigenvalue weighted by Crippen LogP contribution is -2.20. The Morgan fingerprint density at radius 2 is 1.72 bits per heavy atom. The van der Waals surface area contributed by atoms with Crippen LogP contribution in [0.1, 0.15) is 19.4 Å². The molecule has 1 aromatic rings. The molecule has 0 aromatic heterocycles. The fourth-order valence-electron chi connectivity index (χ4n) is 1.46. The first-order valence-electron chi connectivity index (χ1n) is 6.17. The van der Waals surface area contributed by atoms with E-state index in [2.05, 4.69) is 4.99 Å². The molecule has 0 aliphatic rings. The quantitative estimate of drug-likeness (QED) is 0.526. The highest BCUT2D eigenvalue weighted by Gasteiger charge is 2.05. The SMILES string of the molecule is CCOC(CN=Cc1ccc(OC)cc1)OCC. The molecule has 0 unspecified atom stereocenters. The van der Waals surface area contributed by atoms with Crippen LogP contribution in [0.25, 0.3) is 0 Å². The molecule has 0 saturated heterocycles. The lowest BCUT2D eigenvalue weighted by Gasteiger charge is -2.14. The van der Waals surface area contributed by atoms with Gasteiger partial charge in [-0.1, -0.05) is 0 Å². The smallest absolute Gasteiger partial charge is 0.176 e. The molecule has 0 amide bonds. The van der Waals surface area contributed by atoms with Crippen LogP contribution in [-0.4, -0.2) is 39.4 Å². The highest BCUT2D eigenvalue weighted by Crippen LogP contribution is 2.09. The Hall–Kier alpha value is -1.39. The summed E-state index contributed by atoms with van der Waals surface area (Å²) < 4.78 is 15.9. The normalized spacial score (nSPS) is 11.3. The molecule has 18 heavy (non-hydrogen) atoms. The van der Waals surface area contributed by atoms with Gasteiger partial charge in [0.15, 0.2) is 6.29 Å². The summed E-state index contributed by atoms with van der Waals surface area (Å²) in [6.45, 7) is 5.65. The Bertz CT molecular complexity index is 343. The van der Waals surface area contributed by atoms with Gasteiger partial charge in [-0.2, -0.15) is 0 Å². The fraction of sp³-hybridized carbons (Fsp3) is 0.500. The summed E-state index contributed by atoms with van der Waals surface area (Å²) in [5.74, 6) is 0.841. The van der Waals surface area contributed by atoms with E-state index < -0.39 is 0 Å². The molecule has 0 aliphatic heterocycles. The molecule has 4 nitrogen and oxygen atoms in total. The van der Waals surface area contributed by atoms with Gasteiger partial charge in [-0.25, -0.2) is 0 Å². The summed E-state index contributed by atoms with van der Waals surface area (Å²) in [5, 5.41) is 0. The fourth-order valence-corrected chi connectivity index (χ4v) is 1.46. The van der Waals surface area contributed by atoms with E-state index in [4.69, 9.17) is 14.2 Å². The minimum atomic E-state index is -0.255. The first kappa shape index (κ1) is 14.7. The Morgan fingerprint density at radius 3 is 2.22 bits per heavy atom. The number of methoxy groups -OCH3 is 1. The Labute approximate surface area is 109 Å². The molecule has 0 spiro atoms. The van der Waals surface area contributed by atoms with Crippen molar-refractivity contribution in [2.45, 2.75) is 20.1 Å². The van der Waals surface area contributed by atoms with Crippen LogP contribution in [0.2, 0.25) is 0 Å². The summed E-state index contributed by atoms with van der Waals surface area (Å²) in [7, 11) is 1.65. The molecule has 0 heterocycles. The minimum absolute atomic E-state index is 0.255. The molecule has 0 N–H and O–H groups in total. The van der Waals surface area contributed by atoms with Crippen molar-refractivity contribution < 1.29 is 14.2 Å². The number of nitrogens with zero attached hydrogens (tertiary/aromatic N) is 1. The summed E-state index contributed by atoms with van der Waals surface area (Å²) >= 11 is 0. The van der Waals surface area contributed by atoms with Crippen molar-refractivity contribution in [1.29, 1.82) is 0 Å². The lowest BCUT2D eigenvalue weighted by atomic mass is 10.2. The van der Waals surface area contributed by atoms with Crippen molar-refractivity contribution in [3.8, 4) is 5.75 Å². The zero-order chi connectivity index (χ0) is 13.2. The topological polar surface area (TPSA) is 40.0 Å². The average Bonchev–Trinajstić information content (AvgIpc) is 2.40. The van der Waals surface area contributed by atoms with Gasteiger partial charge >= 0.3 is 0 Å². The predicted octanol–water partition coefficient (Wildman–Crippen LogP) is 2.51. The molecule has 0 fully saturated rings. The van der Waals surface area contributed by atoms with Crippen LogP contribution in [0.15, 0.2) is 29.3 Å². The molecule has 0 radical (unpaired) electrons. The third kappa shape index (κ3) is 5.29. The number of benzene rings is 1. The van der Waals surface area contributed by atoms with E-state index in [9.17, 15) is 0 Å². The Kier molecular flexibility index (Phi) is 7.06. The maximum Gasteiger partial charge on any atom is 0.176 e. The van der Waals surface area contributed by atoms with E-state index in [1.54, 1.807) is 7.11 Å². The minimum Gasteiger partial charge on any atom is -0.497 e. The molecule has 100 valence electrons. The van der Waals surface area contributed by atoms with Gasteiger partial charge in [-0.3, -0.25) is 4.99 Å². The molecular formula is C14H21NO3. The summed E-state index contributed by atoms with van der Waals surface area (Å²) in [6, 6.07) is 7.73. The van der Waals surface area contributed by atoms with Crippen LogP contribution in [0.4, 0.5) is 0 Å². The van der Waals surface area contributed by atoms with Crippen molar-refractivity contribution in [2.24, 2.45) is 4.99 Å². The van der Waals surface area contributed by atoms with Crippen molar-refractivity contribution in [1.82, 2.24) is 0 Å². The zero-order valence-corrected chi connectivity index (χ0v) is 11.3. The molecule has 0 aliphatic carbocycles. The summed E-state index contributed by atoms with van der Waals surface area (Å²) in [5.41, 5.74) is 1.03. The number of hydrogen-bond acceptors (Lipinski definition) is 4. The molecule has 1 rings (SSSR count). The number of rotatable bonds is 8. The summed E-state index contributed by atoms with van der Waals surface area (Å²) in [4.78, 5) is 4.32. The van der Waals surface area contributed by atoms with Gasteiger partial charge in [0.1, 0.15) is 5.75 Å². The number of aliphatic imine (C=N–C) groups is 1. The first-order valence-corrected chi connectivity index (χ1v) is 6.17. The zero-order valence-electron chi connectivity index (χ0n) is 11.3. The van der Waals surface area contributed by atoms with Crippen LogP contribution in [0.3, 0.4) is 0 Å². The van der Waals surface area contributed by atoms with Gasteiger partial charge < -0.3 is 14.2 Å². The third-order valence-corrected chi connectivity index (χ3v) is 2.32. The van der Waals surface area contributed by atoms with Crippen molar-refractivity contribution in [2.75, 3.05) is 26.9 Å². The Balaban J connectivity index is 2.46.